The zero-order valence-corrected chi connectivity index (χ0v) is 8.71. The predicted molar refractivity (Wildman–Crippen MR) is 51.3 cm³/mol. The molecule has 1 fully saturated rings. The van der Waals surface area contributed by atoms with Gasteiger partial charge in [0.25, 0.3) is 0 Å². The third kappa shape index (κ3) is 2.20. The van der Waals surface area contributed by atoms with E-state index < -0.39 is 0 Å². The molecule has 1 aliphatic carbocycles. The van der Waals surface area contributed by atoms with Crippen molar-refractivity contribution in [2.45, 2.75) is 38.3 Å². The Morgan fingerprint density at radius 2 is 1.92 bits per heavy atom. The minimum absolute atomic E-state index is 0.478. The zero-order chi connectivity index (χ0) is 9.14. The minimum atomic E-state index is 0.478. The van der Waals surface area contributed by atoms with Gasteiger partial charge in [-0.15, -0.1) is 0 Å². The monoisotopic (exact) mass is 171 g/mol. The van der Waals surface area contributed by atoms with Gasteiger partial charge in [0.2, 0.25) is 0 Å². The fourth-order valence-electron chi connectivity index (χ4n) is 2.06. The lowest BCUT2D eigenvalue weighted by Gasteiger charge is -2.36. The Labute approximate surface area is 75.9 Å². The summed E-state index contributed by atoms with van der Waals surface area (Å²) < 4.78 is 5.46. The highest BCUT2D eigenvalue weighted by molar-refractivity contribution is 4.82. The Morgan fingerprint density at radius 1 is 1.25 bits per heavy atom. The molecule has 0 saturated heterocycles. The molecule has 0 aromatic rings. The molecule has 0 N–H and O–H groups in total. The van der Waals surface area contributed by atoms with Crippen LogP contribution in [0, 0.1) is 5.92 Å². The van der Waals surface area contributed by atoms with Crippen LogP contribution in [0.25, 0.3) is 0 Å². The van der Waals surface area contributed by atoms with E-state index in [1.54, 1.807) is 0 Å². The first kappa shape index (κ1) is 10.0. The van der Waals surface area contributed by atoms with Gasteiger partial charge in [0, 0.05) is 13.2 Å². The average Bonchev–Trinajstić information content (AvgIpc) is 2.05. The lowest BCUT2D eigenvalue weighted by molar-refractivity contribution is 0.00359. The van der Waals surface area contributed by atoms with Crippen LogP contribution in [-0.4, -0.2) is 38.3 Å². The van der Waals surface area contributed by atoms with E-state index in [-0.39, 0.29) is 0 Å². The number of hydrogen-bond donors (Lipinski definition) is 0. The van der Waals surface area contributed by atoms with Crippen LogP contribution in [0.15, 0.2) is 0 Å². The molecule has 3 atom stereocenters. The van der Waals surface area contributed by atoms with Crippen LogP contribution in [0.2, 0.25) is 0 Å². The van der Waals surface area contributed by atoms with Gasteiger partial charge in [-0.1, -0.05) is 6.92 Å². The fourth-order valence-corrected chi connectivity index (χ4v) is 2.06. The van der Waals surface area contributed by atoms with Crippen LogP contribution in [0.3, 0.4) is 0 Å². The first-order chi connectivity index (χ1) is 5.65. The van der Waals surface area contributed by atoms with E-state index in [0.29, 0.717) is 6.10 Å². The van der Waals surface area contributed by atoms with Crippen molar-refractivity contribution >= 4 is 0 Å². The van der Waals surface area contributed by atoms with Crippen LogP contribution < -0.4 is 0 Å². The fraction of sp³-hybridized carbons (Fsp3) is 1.00. The van der Waals surface area contributed by atoms with Crippen LogP contribution >= 0.6 is 0 Å². The predicted octanol–water partition coefficient (Wildman–Crippen LogP) is 1.75. The van der Waals surface area contributed by atoms with Crippen molar-refractivity contribution in [2.75, 3.05) is 21.2 Å². The zero-order valence-electron chi connectivity index (χ0n) is 8.71. The summed E-state index contributed by atoms with van der Waals surface area (Å²) in [5.41, 5.74) is 0. The first-order valence-corrected chi connectivity index (χ1v) is 4.84. The number of methoxy groups -OCH3 is 1. The standard InChI is InChI=1S/C10H21NO/c1-8-5-6-9(11(2)3)7-10(8)12-4/h8-10H,5-7H2,1-4H3. The van der Waals surface area contributed by atoms with Crippen LogP contribution in [-0.2, 0) is 4.74 Å². The van der Waals surface area contributed by atoms with Crippen molar-refractivity contribution in [1.82, 2.24) is 4.90 Å². The Morgan fingerprint density at radius 3 is 2.42 bits per heavy atom. The van der Waals surface area contributed by atoms with Gasteiger partial charge in [0.05, 0.1) is 6.10 Å². The number of ether oxygens (including phenoxy) is 1. The molecule has 1 saturated carbocycles. The third-order valence-electron chi connectivity index (χ3n) is 3.13. The largest absolute Gasteiger partial charge is 0.381 e. The van der Waals surface area contributed by atoms with Gasteiger partial charge in [-0.05, 0) is 39.3 Å². The summed E-state index contributed by atoms with van der Waals surface area (Å²) in [5, 5.41) is 0. The number of rotatable bonds is 2. The Balaban J connectivity index is 2.44. The number of hydrogen-bond acceptors (Lipinski definition) is 2. The van der Waals surface area contributed by atoms with Crippen LogP contribution in [0.4, 0.5) is 0 Å². The highest BCUT2D eigenvalue weighted by Gasteiger charge is 2.28. The molecule has 0 amide bonds. The molecule has 0 radical (unpaired) electrons. The molecule has 0 bridgehead atoms. The lowest BCUT2D eigenvalue weighted by Crippen LogP contribution is -2.39. The van der Waals surface area contributed by atoms with Crippen LogP contribution in [0.1, 0.15) is 26.2 Å². The molecular weight excluding hydrogens is 150 g/mol. The number of nitrogens with zero attached hydrogens (tertiary/aromatic N) is 1. The van der Waals surface area contributed by atoms with Gasteiger partial charge in [0.15, 0.2) is 0 Å². The summed E-state index contributed by atoms with van der Waals surface area (Å²) in [7, 11) is 6.15. The maximum absolute atomic E-state index is 5.46. The second kappa shape index (κ2) is 4.24. The quantitative estimate of drug-likeness (QED) is 0.627. The van der Waals surface area contributed by atoms with E-state index in [2.05, 4.69) is 25.9 Å². The molecule has 1 aliphatic rings. The van der Waals surface area contributed by atoms with Crippen molar-refractivity contribution in [2.24, 2.45) is 5.92 Å². The third-order valence-corrected chi connectivity index (χ3v) is 3.13. The molecule has 2 heteroatoms. The van der Waals surface area contributed by atoms with Crippen LogP contribution in [0.5, 0.6) is 0 Å². The second-order valence-electron chi connectivity index (χ2n) is 4.18. The maximum Gasteiger partial charge on any atom is 0.0611 e. The lowest BCUT2D eigenvalue weighted by atomic mass is 9.84. The molecule has 0 aromatic heterocycles. The highest BCUT2D eigenvalue weighted by atomic mass is 16.5. The van der Waals surface area contributed by atoms with E-state index in [0.717, 1.165) is 12.0 Å². The van der Waals surface area contributed by atoms with Crippen molar-refractivity contribution in [3.05, 3.63) is 0 Å². The topological polar surface area (TPSA) is 12.5 Å². The maximum atomic E-state index is 5.46. The van der Waals surface area contributed by atoms with E-state index in [4.69, 9.17) is 4.74 Å². The molecule has 0 spiro atoms. The summed E-state index contributed by atoms with van der Waals surface area (Å²) in [6.45, 7) is 2.29. The minimum Gasteiger partial charge on any atom is -0.381 e. The van der Waals surface area contributed by atoms with E-state index in [9.17, 15) is 0 Å². The van der Waals surface area contributed by atoms with Gasteiger partial charge < -0.3 is 9.64 Å². The molecule has 0 heterocycles. The van der Waals surface area contributed by atoms with E-state index >= 15 is 0 Å². The summed E-state index contributed by atoms with van der Waals surface area (Å²) in [4.78, 5) is 2.32. The Kier molecular flexibility index (Phi) is 3.53. The molecule has 12 heavy (non-hydrogen) atoms. The molecule has 3 unspecified atom stereocenters. The van der Waals surface area contributed by atoms with Crippen molar-refractivity contribution in [3.63, 3.8) is 0 Å². The van der Waals surface area contributed by atoms with Crippen molar-refractivity contribution in [3.8, 4) is 0 Å². The molecular formula is C10H21NO. The second-order valence-corrected chi connectivity index (χ2v) is 4.18. The summed E-state index contributed by atoms with van der Waals surface area (Å²) in [6, 6.07) is 0.728. The van der Waals surface area contributed by atoms with Gasteiger partial charge in [-0.2, -0.15) is 0 Å². The van der Waals surface area contributed by atoms with E-state index in [1.165, 1.54) is 19.3 Å². The molecule has 2 nitrogen and oxygen atoms in total. The van der Waals surface area contributed by atoms with Crippen molar-refractivity contribution < 1.29 is 4.74 Å². The molecule has 1 rings (SSSR count). The molecule has 0 aliphatic heterocycles. The SMILES string of the molecule is COC1CC(N(C)C)CCC1C. The summed E-state index contributed by atoms with van der Waals surface area (Å²) >= 11 is 0. The highest BCUT2D eigenvalue weighted by Crippen LogP contribution is 2.28. The summed E-state index contributed by atoms with van der Waals surface area (Å²) in [6.07, 6.45) is 4.31. The molecule has 0 aromatic carbocycles. The Hall–Kier alpha value is -0.0800. The summed E-state index contributed by atoms with van der Waals surface area (Å²) in [5.74, 6) is 0.742. The normalized spacial score (nSPS) is 37.2. The van der Waals surface area contributed by atoms with Gasteiger partial charge in [-0.25, -0.2) is 0 Å². The van der Waals surface area contributed by atoms with Gasteiger partial charge in [-0.3, -0.25) is 0 Å². The van der Waals surface area contributed by atoms with Gasteiger partial charge >= 0.3 is 0 Å². The molecule has 72 valence electrons. The smallest absolute Gasteiger partial charge is 0.0611 e. The average molecular weight is 171 g/mol. The first-order valence-electron chi connectivity index (χ1n) is 4.84. The van der Waals surface area contributed by atoms with Gasteiger partial charge in [0.1, 0.15) is 0 Å². The van der Waals surface area contributed by atoms with Crippen molar-refractivity contribution in [1.29, 1.82) is 0 Å². The Bertz CT molecular complexity index is 136. The van der Waals surface area contributed by atoms with E-state index in [1.807, 2.05) is 7.11 Å².